The fourth-order valence-electron chi connectivity index (χ4n) is 4.58. The summed E-state index contributed by atoms with van der Waals surface area (Å²) < 4.78 is 32.7. The van der Waals surface area contributed by atoms with Crippen LogP contribution in [0, 0.1) is 25.5 Å². The van der Waals surface area contributed by atoms with Gasteiger partial charge in [0.25, 0.3) is 0 Å². The van der Waals surface area contributed by atoms with Crippen LogP contribution in [0.3, 0.4) is 0 Å². The van der Waals surface area contributed by atoms with E-state index in [0.717, 1.165) is 38.3 Å². The van der Waals surface area contributed by atoms with E-state index in [1.54, 1.807) is 6.92 Å². The zero-order valence-corrected chi connectivity index (χ0v) is 20.2. The minimum Gasteiger partial charge on any atom is -0.463 e. The topological polar surface area (TPSA) is 73.9 Å². The fourth-order valence-corrected chi connectivity index (χ4v) is 4.58. The monoisotopic (exact) mass is 484 g/mol. The van der Waals surface area contributed by atoms with E-state index in [1.165, 1.54) is 22.9 Å². The molecule has 2 aliphatic rings. The largest absolute Gasteiger partial charge is 0.463 e. The van der Waals surface area contributed by atoms with Crippen molar-refractivity contribution in [3.63, 3.8) is 0 Å². The van der Waals surface area contributed by atoms with Crippen LogP contribution in [0.25, 0.3) is 0 Å². The average molecular weight is 485 g/mol. The molecule has 0 bridgehead atoms. The Kier molecular flexibility index (Phi) is 7.35. The summed E-state index contributed by atoms with van der Waals surface area (Å²) in [5.74, 6) is -2.67. The Morgan fingerprint density at radius 2 is 1.83 bits per heavy atom. The Balaban J connectivity index is 1.58. The number of piperazine rings is 1. The second-order valence-corrected chi connectivity index (χ2v) is 8.80. The molecule has 2 aromatic carbocycles. The second kappa shape index (κ2) is 10.4. The van der Waals surface area contributed by atoms with Gasteiger partial charge in [-0.2, -0.15) is 0 Å². The number of rotatable bonds is 6. The highest BCUT2D eigenvalue weighted by Gasteiger charge is 2.35. The lowest BCUT2D eigenvalue weighted by Crippen LogP contribution is -2.52. The maximum atomic E-state index is 14.0. The van der Waals surface area contributed by atoms with Gasteiger partial charge in [-0.05, 0) is 55.7 Å². The molecule has 7 nitrogen and oxygen atoms in total. The lowest BCUT2D eigenvalue weighted by atomic mass is 9.94. The molecule has 1 saturated heterocycles. The van der Waals surface area contributed by atoms with Crippen molar-refractivity contribution in [3.05, 3.63) is 76.0 Å². The van der Waals surface area contributed by atoms with Crippen molar-refractivity contribution in [2.75, 3.05) is 44.2 Å². The molecule has 2 aliphatic heterocycles. The Hall–Kier alpha value is -3.46. The summed E-state index contributed by atoms with van der Waals surface area (Å²) in [6, 6.07) is 8.14. The zero-order chi connectivity index (χ0) is 25.1. The van der Waals surface area contributed by atoms with Gasteiger partial charge in [0.15, 0.2) is 11.6 Å². The van der Waals surface area contributed by atoms with Crippen molar-refractivity contribution in [1.82, 2.24) is 15.5 Å². The van der Waals surface area contributed by atoms with Gasteiger partial charge in [-0.15, -0.1) is 0 Å². The number of hydrogen-bond acceptors (Lipinski definition) is 5. The van der Waals surface area contributed by atoms with Crippen LogP contribution >= 0.6 is 0 Å². The fraction of sp³-hybridized carbons (Fsp3) is 0.385. The third-order valence-electron chi connectivity index (χ3n) is 6.60. The van der Waals surface area contributed by atoms with Gasteiger partial charge in [-0.1, -0.05) is 18.2 Å². The van der Waals surface area contributed by atoms with Gasteiger partial charge in [-0.3, -0.25) is 4.90 Å². The van der Waals surface area contributed by atoms with Crippen molar-refractivity contribution < 1.29 is 23.1 Å². The summed E-state index contributed by atoms with van der Waals surface area (Å²) in [5.41, 5.74) is 4.57. The molecule has 2 N–H and O–H groups in total. The van der Waals surface area contributed by atoms with Gasteiger partial charge >= 0.3 is 12.0 Å². The number of anilines is 1. The molecule has 0 aromatic heterocycles. The van der Waals surface area contributed by atoms with Crippen molar-refractivity contribution in [1.29, 1.82) is 0 Å². The van der Waals surface area contributed by atoms with E-state index in [2.05, 4.69) is 52.5 Å². The number of urea groups is 1. The maximum Gasteiger partial charge on any atom is 0.338 e. The van der Waals surface area contributed by atoms with Crippen molar-refractivity contribution in [2.24, 2.45) is 0 Å². The number of carbonyl (C=O) groups is 2. The number of aryl methyl sites for hydroxylation is 1. The molecule has 0 saturated carbocycles. The van der Waals surface area contributed by atoms with Crippen LogP contribution in [0.4, 0.5) is 19.3 Å². The number of nitrogens with one attached hydrogen (secondary N) is 2. The Bertz CT molecular complexity index is 1160. The van der Waals surface area contributed by atoms with Crippen LogP contribution in [0.15, 0.2) is 47.7 Å². The predicted octanol–water partition coefficient (Wildman–Crippen LogP) is 3.57. The van der Waals surface area contributed by atoms with E-state index in [-0.39, 0.29) is 17.7 Å². The minimum atomic E-state index is -1.05. The average Bonchev–Trinajstić information content (AvgIpc) is 2.83. The smallest absolute Gasteiger partial charge is 0.338 e. The molecule has 186 valence electrons. The molecule has 4 rings (SSSR count). The molecule has 0 aliphatic carbocycles. The first-order valence-electron chi connectivity index (χ1n) is 11.7. The van der Waals surface area contributed by atoms with Gasteiger partial charge in [0.05, 0.1) is 18.2 Å². The SMILES string of the molecule is CCOC(=O)C1=C(CN2CCN(c3cccc(C)c3C)CC2)NC(=O)N[C@H]1c1ccc(F)c(F)c1. The Morgan fingerprint density at radius 1 is 1.09 bits per heavy atom. The van der Waals surface area contributed by atoms with E-state index < -0.39 is 29.7 Å². The lowest BCUT2D eigenvalue weighted by molar-refractivity contribution is -0.139. The molecule has 0 spiro atoms. The first kappa shape index (κ1) is 24.7. The van der Waals surface area contributed by atoms with Gasteiger partial charge in [0, 0.05) is 44.1 Å². The highest BCUT2D eigenvalue weighted by Crippen LogP contribution is 2.30. The number of benzene rings is 2. The molecule has 0 unspecified atom stereocenters. The van der Waals surface area contributed by atoms with Gasteiger partial charge in [0.2, 0.25) is 0 Å². The molecule has 2 aromatic rings. The number of halogens is 2. The first-order valence-corrected chi connectivity index (χ1v) is 11.7. The summed E-state index contributed by atoms with van der Waals surface area (Å²) in [6.45, 7) is 9.42. The summed E-state index contributed by atoms with van der Waals surface area (Å²) in [4.78, 5) is 29.9. The van der Waals surface area contributed by atoms with Crippen LogP contribution < -0.4 is 15.5 Å². The number of carbonyl (C=O) groups excluding carboxylic acids is 2. The Labute approximate surface area is 203 Å². The van der Waals surface area contributed by atoms with E-state index in [4.69, 9.17) is 4.74 Å². The number of ether oxygens (including phenoxy) is 1. The summed E-state index contributed by atoms with van der Waals surface area (Å²) in [6.07, 6.45) is 0. The van der Waals surface area contributed by atoms with Crippen LogP contribution in [0.5, 0.6) is 0 Å². The molecule has 2 amide bonds. The molecular formula is C26H30F2N4O3. The van der Waals surface area contributed by atoms with E-state index in [0.29, 0.717) is 12.2 Å². The Morgan fingerprint density at radius 3 is 2.51 bits per heavy atom. The molecular weight excluding hydrogens is 454 g/mol. The molecule has 0 radical (unpaired) electrons. The number of nitrogens with zero attached hydrogens (tertiary/aromatic N) is 2. The maximum absolute atomic E-state index is 14.0. The lowest BCUT2D eigenvalue weighted by Gasteiger charge is -2.38. The molecule has 35 heavy (non-hydrogen) atoms. The van der Waals surface area contributed by atoms with Crippen molar-refractivity contribution in [2.45, 2.75) is 26.8 Å². The number of esters is 1. The second-order valence-electron chi connectivity index (χ2n) is 8.80. The molecule has 1 fully saturated rings. The van der Waals surface area contributed by atoms with Gasteiger partial charge in [0.1, 0.15) is 0 Å². The third kappa shape index (κ3) is 5.30. The summed E-state index contributed by atoms with van der Waals surface area (Å²) in [5, 5.41) is 5.40. The minimum absolute atomic E-state index is 0.141. The number of amides is 2. The molecule has 1 atom stereocenters. The summed E-state index contributed by atoms with van der Waals surface area (Å²) in [7, 11) is 0. The van der Waals surface area contributed by atoms with Crippen molar-refractivity contribution >= 4 is 17.7 Å². The van der Waals surface area contributed by atoms with Crippen LogP contribution in [0.2, 0.25) is 0 Å². The van der Waals surface area contributed by atoms with Crippen molar-refractivity contribution in [3.8, 4) is 0 Å². The molecule has 9 heteroatoms. The van der Waals surface area contributed by atoms with E-state index in [1.807, 2.05) is 0 Å². The quantitative estimate of drug-likeness (QED) is 0.614. The first-order chi connectivity index (χ1) is 16.8. The third-order valence-corrected chi connectivity index (χ3v) is 6.60. The van der Waals surface area contributed by atoms with Crippen LogP contribution in [-0.2, 0) is 9.53 Å². The van der Waals surface area contributed by atoms with Crippen LogP contribution in [-0.4, -0.2) is 56.2 Å². The van der Waals surface area contributed by atoms with Crippen LogP contribution in [0.1, 0.15) is 29.7 Å². The standard InChI is InChI=1S/C26H30F2N4O3/c1-4-35-25(33)23-21(29-26(34)30-24(23)18-8-9-19(27)20(28)14-18)15-31-10-12-32(13-11-31)22-7-5-6-16(2)17(22)3/h5-9,14,24H,4,10-13,15H2,1-3H3,(H2,29,30,34)/t24-/m0/s1. The number of hydrogen-bond donors (Lipinski definition) is 2. The van der Waals surface area contributed by atoms with Gasteiger partial charge < -0.3 is 20.3 Å². The summed E-state index contributed by atoms with van der Waals surface area (Å²) >= 11 is 0. The zero-order valence-electron chi connectivity index (χ0n) is 20.2. The normalized spacial score (nSPS) is 18.8. The highest BCUT2D eigenvalue weighted by atomic mass is 19.2. The van der Waals surface area contributed by atoms with Gasteiger partial charge in [-0.25, -0.2) is 18.4 Å². The molecule has 2 heterocycles. The van der Waals surface area contributed by atoms with E-state index in [9.17, 15) is 18.4 Å². The predicted molar refractivity (Wildman–Crippen MR) is 129 cm³/mol. The van der Waals surface area contributed by atoms with E-state index >= 15 is 0 Å². The highest BCUT2D eigenvalue weighted by molar-refractivity contribution is 5.95.